The van der Waals surface area contributed by atoms with E-state index in [1.165, 1.54) is 28.6 Å². The van der Waals surface area contributed by atoms with Crippen LogP contribution in [0.1, 0.15) is 38.2 Å². The minimum Gasteiger partial charge on any atom is -0.326 e. The molecule has 30 heavy (non-hydrogen) atoms. The SMILES string of the molecule is CC(C)c1ccc(S(=O)(=O)N2CCC(C(=O)Nc3ccc([N+](=O)[O-])cc3)CC2)cc1. The smallest absolute Gasteiger partial charge is 0.269 e. The highest BCUT2D eigenvalue weighted by Gasteiger charge is 2.32. The van der Waals surface area contributed by atoms with Gasteiger partial charge >= 0.3 is 0 Å². The van der Waals surface area contributed by atoms with Gasteiger partial charge < -0.3 is 5.32 Å². The summed E-state index contributed by atoms with van der Waals surface area (Å²) in [6.45, 7) is 4.64. The summed E-state index contributed by atoms with van der Waals surface area (Å²) in [5, 5.41) is 13.5. The Balaban J connectivity index is 1.59. The number of piperidine rings is 1. The Hall–Kier alpha value is -2.78. The molecule has 0 bridgehead atoms. The van der Waals surface area contributed by atoms with Crippen LogP contribution in [-0.2, 0) is 14.8 Å². The molecule has 9 heteroatoms. The van der Waals surface area contributed by atoms with Crippen molar-refractivity contribution in [1.82, 2.24) is 4.31 Å². The maximum Gasteiger partial charge on any atom is 0.269 e. The number of sulfonamides is 1. The highest BCUT2D eigenvalue weighted by Crippen LogP contribution is 2.26. The molecule has 1 saturated heterocycles. The lowest BCUT2D eigenvalue weighted by Gasteiger charge is -2.30. The van der Waals surface area contributed by atoms with Crippen LogP contribution in [0.25, 0.3) is 0 Å². The zero-order valence-electron chi connectivity index (χ0n) is 16.9. The molecule has 1 fully saturated rings. The Labute approximate surface area is 176 Å². The highest BCUT2D eigenvalue weighted by atomic mass is 32.2. The summed E-state index contributed by atoms with van der Waals surface area (Å²) in [7, 11) is -3.59. The standard InChI is InChI=1S/C21H25N3O5S/c1-15(2)16-3-9-20(10-4-16)30(28,29)23-13-11-17(12-14-23)21(25)22-18-5-7-19(8-6-18)24(26)27/h3-10,15,17H,11-14H2,1-2H3,(H,22,25). The van der Waals surface area contributed by atoms with Gasteiger partial charge in [0.15, 0.2) is 0 Å². The molecule has 1 amide bonds. The van der Waals surface area contributed by atoms with E-state index >= 15 is 0 Å². The van der Waals surface area contributed by atoms with Gasteiger partial charge in [0, 0.05) is 36.8 Å². The molecule has 0 radical (unpaired) electrons. The number of hydrogen-bond donors (Lipinski definition) is 1. The number of nitro benzene ring substituents is 1. The Morgan fingerprint density at radius 2 is 1.63 bits per heavy atom. The molecule has 3 rings (SSSR count). The minimum atomic E-state index is -3.59. The molecule has 1 aliphatic heterocycles. The number of nitrogens with zero attached hydrogens (tertiary/aromatic N) is 2. The maximum atomic E-state index is 12.9. The van der Waals surface area contributed by atoms with E-state index < -0.39 is 14.9 Å². The van der Waals surface area contributed by atoms with Crippen molar-refractivity contribution in [2.24, 2.45) is 5.92 Å². The second-order valence-corrected chi connectivity index (χ2v) is 9.63. The lowest BCUT2D eigenvalue weighted by Crippen LogP contribution is -2.41. The lowest BCUT2D eigenvalue weighted by molar-refractivity contribution is -0.384. The maximum absolute atomic E-state index is 12.9. The van der Waals surface area contributed by atoms with Crippen molar-refractivity contribution in [2.75, 3.05) is 18.4 Å². The third-order valence-electron chi connectivity index (χ3n) is 5.35. The van der Waals surface area contributed by atoms with E-state index in [1.54, 1.807) is 12.1 Å². The van der Waals surface area contributed by atoms with Gasteiger partial charge in [-0.25, -0.2) is 8.42 Å². The highest BCUT2D eigenvalue weighted by molar-refractivity contribution is 7.89. The molecule has 0 spiro atoms. The molecule has 160 valence electrons. The van der Waals surface area contributed by atoms with E-state index in [0.29, 0.717) is 24.4 Å². The number of benzene rings is 2. The van der Waals surface area contributed by atoms with Gasteiger partial charge in [0.25, 0.3) is 5.69 Å². The zero-order chi connectivity index (χ0) is 21.9. The predicted octanol–water partition coefficient (Wildman–Crippen LogP) is 3.76. The summed E-state index contributed by atoms with van der Waals surface area (Å²) in [5.41, 5.74) is 1.51. The average Bonchev–Trinajstić information content (AvgIpc) is 2.74. The first kappa shape index (κ1) is 21.9. The van der Waals surface area contributed by atoms with Crippen LogP contribution in [-0.4, -0.2) is 36.6 Å². The van der Waals surface area contributed by atoms with Crippen molar-refractivity contribution in [1.29, 1.82) is 0 Å². The number of nitro groups is 1. The van der Waals surface area contributed by atoms with E-state index in [9.17, 15) is 23.3 Å². The first-order chi connectivity index (χ1) is 14.2. The van der Waals surface area contributed by atoms with Crippen LogP contribution in [0, 0.1) is 16.0 Å². The van der Waals surface area contributed by atoms with Crippen molar-refractivity contribution in [2.45, 2.75) is 37.5 Å². The van der Waals surface area contributed by atoms with Gasteiger partial charge in [-0.05, 0) is 48.6 Å². The molecular weight excluding hydrogens is 406 g/mol. The van der Waals surface area contributed by atoms with E-state index in [0.717, 1.165) is 5.56 Å². The number of carbonyl (C=O) groups excluding carboxylic acids is 1. The fraction of sp³-hybridized carbons (Fsp3) is 0.381. The van der Waals surface area contributed by atoms with Crippen LogP contribution in [0.4, 0.5) is 11.4 Å². The molecule has 2 aromatic rings. The van der Waals surface area contributed by atoms with Gasteiger partial charge in [0.2, 0.25) is 15.9 Å². The number of anilines is 1. The van der Waals surface area contributed by atoms with Crippen molar-refractivity contribution < 1.29 is 18.1 Å². The summed E-state index contributed by atoms with van der Waals surface area (Å²) in [6, 6.07) is 12.6. The number of nitrogens with one attached hydrogen (secondary N) is 1. The molecule has 0 aliphatic carbocycles. The van der Waals surface area contributed by atoms with E-state index in [1.807, 2.05) is 12.1 Å². The summed E-state index contributed by atoms with van der Waals surface area (Å²) >= 11 is 0. The van der Waals surface area contributed by atoms with Crippen LogP contribution in [0.5, 0.6) is 0 Å². The largest absolute Gasteiger partial charge is 0.326 e. The Morgan fingerprint density at radius 3 is 2.13 bits per heavy atom. The van der Waals surface area contributed by atoms with E-state index in [4.69, 9.17) is 0 Å². The topological polar surface area (TPSA) is 110 Å². The third-order valence-corrected chi connectivity index (χ3v) is 7.27. The van der Waals surface area contributed by atoms with Gasteiger partial charge in [-0.1, -0.05) is 26.0 Å². The van der Waals surface area contributed by atoms with Gasteiger partial charge in [-0.2, -0.15) is 4.31 Å². The first-order valence-corrected chi connectivity index (χ1v) is 11.3. The monoisotopic (exact) mass is 431 g/mol. The van der Waals surface area contributed by atoms with Crippen LogP contribution in [0.15, 0.2) is 53.4 Å². The summed E-state index contributed by atoms with van der Waals surface area (Å²) in [4.78, 5) is 23.0. The van der Waals surface area contributed by atoms with Gasteiger partial charge in [0.1, 0.15) is 0 Å². The number of rotatable bonds is 6. The molecule has 0 aromatic heterocycles. The second kappa shape index (κ2) is 8.93. The molecule has 8 nitrogen and oxygen atoms in total. The Kier molecular flexibility index (Phi) is 6.52. The van der Waals surface area contributed by atoms with Crippen LogP contribution < -0.4 is 5.32 Å². The number of amides is 1. The third kappa shape index (κ3) is 4.85. The zero-order valence-corrected chi connectivity index (χ0v) is 17.8. The molecule has 0 unspecified atom stereocenters. The van der Waals surface area contributed by atoms with Crippen molar-refractivity contribution in [3.8, 4) is 0 Å². The lowest BCUT2D eigenvalue weighted by atomic mass is 9.97. The fourth-order valence-electron chi connectivity index (χ4n) is 3.44. The van der Waals surface area contributed by atoms with Crippen LogP contribution >= 0.6 is 0 Å². The number of hydrogen-bond acceptors (Lipinski definition) is 5. The molecule has 0 saturated carbocycles. The number of non-ortho nitro benzene ring substituents is 1. The van der Waals surface area contributed by atoms with Crippen molar-refractivity contribution >= 4 is 27.3 Å². The van der Waals surface area contributed by atoms with E-state index in [-0.39, 0.29) is 35.5 Å². The van der Waals surface area contributed by atoms with Crippen molar-refractivity contribution in [3.05, 3.63) is 64.2 Å². The molecule has 0 atom stereocenters. The molecule has 1 aliphatic rings. The Morgan fingerprint density at radius 1 is 1.07 bits per heavy atom. The second-order valence-electron chi connectivity index (χ2n) is 7.70. The first-order valence-electron chi connectivity index (χ1n) is 9.84. The normalized spacial score (nSPS) is 15.8. The number of carbonyl (C=O) groups is 1. The van der Waals surface area contributed by atoms with Crippen LogP contribution in [0.3, 0.4) is 0 Å². The summed E-state index contributed by atoms with van der Waals surface area (Å²) < 4.78 is 27.2. The molecular formula is C21H25N3O5S. The van der Waals surface area contributed by atoms with Gasteiger partial charge in [-0.15, -0.1) is 0 Å². The van der Waals surface area contributed by atoms with Crippen molar-refractivity contribution in [3.63, 3.8) is 0 Å². The van der Waals surface area contributed by atoms with E-state index in [2.05, 4.69) is 19.2 Å². The minimum absolute atomic E-state index is 0.0482. The summed E-state index contributed by atoms with van der Waals surface area (Å²) in [5.74, 6) is -0.191. The molecule has 1 heterocycles. The average molecular weight is 432 g/mol. The quantitative estimate of drug-likeness (QED) is 0.553. The summed E-state index contributed by atoms with van der Waals surface area (Å²) in [6.07, 6.45) is 0.838. The van der Waals surface area contributed by atoms with Gasteiger partial charge in [-0.3, -0.25) is 14.9 Å². The fourth-order valence-corrected chi connectivity index (χ4v) is 4.91. The molecule has 1 N–H and O–H groups in total. The molecule has 2 aromatic carbocycles. The predicted molar refractivity (Wildman–Crippen MR) is 114 cm³/mol. The van der Waals surface area contributed by atoms with Crippen LogP contribution in [0.2, 0.25) is 0 Å². The van der Waals surface area contributed by atoms with Gasteiger partial charge in [0.05, 0.1) is 9.82 Å². The Bertz CT molecular complexity index is 1010.